The summed E-state index contributed by atoms with van der Waals surface area (Å²) in [6.45, 7) is 9.00. The van der Waals surface area contributed by atoms with Crippen molar-refractivity contribution < 1.29 is 13.2 Å². The first-order valence-electron chi connectivity index (χ1n) is 10.3. The van der Waals surface area contributed by atoms with Crippen molar-refractivity contribution in [2.45, 2.75) is 40.0 Å². The fourth-order valence-electron chi connectivity index (χ4n) is 3.75. The lowest BCUT2D eigenvalue weighted by Crippen LogP contribution is -2.42. The fraction of sp³-hybridized carbons (Fsp3) is 0.524. The van der Waals surface area contributed by atoms with Gasteiger partial charge in [-0.25, -0.2) is 4.79 Å². The molecule has 1 aromatic carbocycles. The number of carbonyl (C=O) groups is 1. The molecule has 1 saturated heterocycles. The molecule has 3 rings (SSSR count). The first-order chi connectivity index (χ1) is 13.9. The molecule has 1 fully saturated rings. The van der Waals surface area contributed by atoms with Crippen molar-refractivity contribution in [2.24, 2.45) is 4.40 Å². The van der Waals surface area contributed by atoms with Crippen molar-refractivity contribution in [2.75, 3.05) is 32.7 Å². The van der Waals surface area contributed by atoms with E-state index in [0.29, 0.717) is 49.7 Å². The van der Waals surface area contributed by atoms with Gasteiger partial charge in [-0.3, -0.25) is 0 Å². The van der Waals surface area contributed by atoms with Crippen LogP contribution in [0.1, 0.15) is 44.7 Å². The van der Waals surface area contributed by atoms with Crippen LogP contribution in [0.3, 0.4) is 0 Å². The van der Waals surface area contributed by atoms with Crippen LogP contribution >= 0.6 is 0 Å². The molecule has 0 spiro atoms. The van der Waals surface area contributed by atoms with E-state index >= 15 is 0 Å². The number of amidine groups is 1. The minimum Gasteiger partial charge on any atom is -0.354 e. The molecule has 0 saturated carbocycles. The summed E-state index contributed by atoms with van der Waals surface area (Å²) in [5.41, 5.74) is 2.52. The Labute approximate surface area is 173 Å². The van der Waals surface area contributed by atoms with Crippen LogP contribution in [0.15, 0.2) is 34.2 Å². The maximum absolute atomic E-state index is 12.8. The molecular weight excluding hydrogens is 388 g/mol. The zero-order chi connectivity index (χ0) is 21.0. The summed E-state index contributed by atoms with van der Waals surface area (Å²) in [6, 6.07) is 7.58. The molecule has 2 amide bonds. The summed E-state index contributed by atoms with van der Waals surface area (Å²) in [5, 5.41) is 2.91. The molecule has 0 bridgehead atoms. The van der Waals surface area contributed by atoms with Crippen molar-refractivity contribution in [1.29, 1.82) is 0 Å². The van der Waals surface area contributed by atoms with Crippen molar-refractivity contribution in [1.82, 2.24) is 15.1 Å². The zero-order valence-corrected chi connectivity index (χ0v) is 18.3. The van der Waals surface area contributed by atoms with E-state index in [1.807, 2.05) is 43.0 Å². The first-order valence-corrected chi connectivity index (χ1v) is 11.7. The quantitative estimate of drug-likeness (QED) is 0.815. The maximum Gasteiger partial charge on any atom is 0.317 e. The van der Waals surface area contributed by atoms with E-state index < -0.39 is 10.0 Å². The maximum atomic E-state index is 12.8. The van der Waals surface area contributed by atoms with Crippen molar-refractivity contribution in [3.8, 4) is 0 Å². The Kier molecular flexibility index (Phi) is 6.62. The van der Waals surface area contributed by atoms with Gasteiger partial charge in [0.25, 0.3) is 10.0 Å². The van der Waals surface area contributed by atoms with E-state index in [2.05, 4.69) is 16.6 Å². The fourth-order valence-corrected chi connectivity index (χ4v) is 5.23. The number of rotatable bonds is 4. The highest BCUT2D eigenvalue weighted by Crippen LogP contribution is 2.34. The Hall–Kier alpha value is -2.35. The molecule has 7 nitrogen and oxygen atoms in total. The van der Waals surface area contributed by atoms with E-state index in [9.17, 15) is 13.2 Å². The third kappa shape index (κ3) is 4.63. The number of hydrogen-bond donors (Lipinski definition) is 1. The van der Waals surface area contributed by atoms with E-state index in [-0.39, 0.29) is 10.9 Å². The van der Waals surface area contributed by atoms with Crippen LogP contribution in [0.25, 0.3) is 4.91 Å². The van der Waals surface area contributed by atoms with Crippen LogP contribution in [-0.2, 0) is 16.4 Å². The van der Waals surface area contributed by atoms with Crippen LogP contribution in [0.2, 0.25) is 0 Å². The molecule has 0 aromatic heterocycles. The number of benzene rings is 1. The average Bonchev–Trinajstić information content (AvgIpc) is 2.86. The van der Waals surface area contributed by atoms with Crippen molar-refractivity contribution >= 4 is 26.8 Å². The highest BCUT2D eigenvalue weighted by molar-refractivity contribution is 8.00. The van der Waals surface area contributed by atoms with Gasteiger partial charge in [0.2, 0.25) is 0 Å². The van der Waals surface area contributed by atoms with Gasteiger partial charge in [0, 0.05) is 38.3 Å². The van der Waals surface area contributed by atoms with Gasteiger partial charge in [-0.2, -0.15) is 8.42 Å². The molecule has 1 aromatic rings. The van der Waals surface area contributed by atoms with E-state index in [1.165, 1.54) is 0 Å². The Morgan fingerprint density at radius 1 is 1.10 bits per heavy atom. The normalized spacial score (nSPS) is 19.2. The Balaban J connectivity index is 1.80. The molecule has 2 aliphatic rings. The van der Waals surface area contributed by atoms with E-state index in [1.54, 1.807) is 4.90 Å². The second-order valence-electron chi connectivity index (χ2n) is 7.45. The van der Waals surface area contributed by atoms with Gasteiger partial charge >= 0.3 is 6.03 Å². The minimum absolute atomic E-state index is 0.0568. The summed E-state index contributed by atoms with van der Waals surface area (Å²) in [6.07, 6.45) is 2.57. The number of aryl methyl sites for hydroxylation is 1. The molecule has 2 heterocycles. The van der Waals surface area contributed by atoms with Crippen molar-refractivity contribution in [3.63, 3.8) is 0 Å². The largest absolute Gasteiger partial charge is 0.354 e. The molecule has 0 unspecified atom stereocenters. The third-order valence-electron chi connectivity index (χ3n) is 5.37. The topological polar surface area (TPSA) is 82.1 Å². The minimum atomic E-state index is -3.73. The van der Waals surface area contributed by atoms with Gasteiger partial charge in [0.15, 0.2) is 0 Å². The van der Waals surface area contributed by atoms with Crippen LogP contribution in [-0.4, -0.2) is 62.8 Å². The lowest BCUT2D eigenvalue weighted by Gasteiger charge is -2.24. The number of nitrogens with one attached hydrogen (secondary N) is 1. The molecule has 29 heavy (non-hydrogen) atoms. The lowest BCUT2D eigenvalue weighted by molar-refractivity contribution is 0.200. The summed E-state index contributed by atoms with van der Waals surface area (Å²) < 4.78 is 29.7. The molecule has 158 valence electrons. The number of hydrogen-bond acceptors (Lipinski definition) is 4. The highest BCUT2D eigenvalue weighted by atomic mass is 32.2. The number of nitrogens with zero attached hydrogens (tertiary/aromatic N) is 3. The predicted octanol–water partition coefficient (Wildman–Crippen LogP) is 2.85. The number of sulfonamides is 1. The summed E-state index contributed by atoms with van der Waals surface area (Å²) in [5.74, 6) is 0.510. The van der Waals surface area contributed by atoms with Crippen LogP contribution in [0.5, 0.6) is 0 Å². The van der Waals surface area contributed by atoms with Crippen LogP contribution in [0, 0.1) is 0 Å². The molecule has 1 N–H and O–H groups in total. The zero-order valence-electron chi connectivity index (χ0n) is 17.4. The van der Waals surface area contributed by atoms with E-state index in [0.717, 1.165) is 24.8 Å². The standard InChI is InChI=1S/C21H30N4O3S/c1-4-11-22-21(26)25-13-6-12-24(14-15-25)20-16(3)19(29(27,28)23-20)18-9-7-17(5-2)8-10-18/h7-10H,4-6,11-15H2,1-3H3,(H,22,26). The molecule has 0 aliphatic carbocycles. The highest BCUT2D eigenvalue weighted by Gasteiger charge is 2.34. The summed E-state index contributed by atoms with van der Waals surface area (Å²) in [7, 11) is -3.73. The molecule has 0 radical (unpaired) electrons. The van der Waals surface area contributed by atoms with Crippen molar-refractivity contribution in [3.05, 3.63) is 41.0 Å². The Morgan fingerprint density at radius 3 is 2.48 bits per heavy atom. The lowest BCUT2D eigenvalue weighted by atomic mass is 10.1. The molecule has 0 atom stereocenters. The van der Waals surface area contributed by atoms with Gasteiger partial charge in [-0.1, -0.05) is 38.1 Å². The predicted molar refractivity (Wildman–Crippen MR) is 116 cm³/mol. The third-order valence-corrected chi connectivity index (χ3v) is 6.84. The molecular formula is C21H30N4O3S. The molecule has 2 aliphatic heterocycles. The monoisotopic (exact) mass is 418 g/mol. The molecule has 8 heteroatoms. The summed E-state index contributed by atoms with van der Waals surface area (Å²) >= 11 is 0. The second kappa shape index (κ2) is 8.98. The van der Waals surface area contributed by atoms with Crippen LogP contribution in [0.4, 0.5) is 4.79 Å². The van der Waals surface area contributed by atoms with Gasteiger partial charge in [-0.15, -0.1) is 4.40 Å². The summed E-state index contributed by atoms with van der Waals surface area (Å²) in [4.78, 5) is 16.3. The Morgan fingerprint density at radius 2 is 1.83 bits per heavy atom. The second-order valence-corrected chi connectivity index (χ2v) is 9.00. The number of amides is 2. The SMILES string of the molecule is CCCNC(=O)N1CCCN(C2=NS(=O)(=O)C(c3ccc(CC)cc3)=C2C)CC1. The number of urea groups is 1. The van der Waals surface area contributed by atoms with Gasteiger partial charge in [0.1, 0.15) is 10.7 Å². The van der Waals surface area contributed by atoms with Gasteiger partial charge in [0.05, 0.1) is 0 Å². The first kappa shape index (κ1) is 21.4. The van der Waals surface area contributed by atoms with E-state index in [4.69, 9.17) is 0 Å². The number of carbonyl (C=O) groups excluding carboxylic acids is 1. The van der Waals surface area contributed by atoms with Gasteiger partial charge < -0.3 is 15.1 Å². The Bertz CT molecular complexity index is 920. The smallest absolute Gasteiger partial charge is 0.317 e. The van der Waals surface area contributed by atoms with Crippen LogP contribution < -0.4 is 5.32 Å². The van der Waals surface area contributed by atoms with Gasteiger partial charge in [-0.05, 0) is 37.3 Å². The average molecular weight is 419 g/mol.